The molecule has 3 heteroatoms. The van der Waals surface area contributed by atoms with Crippen molar-refractivity contribution in [3.8, 4) is 11.8 Å². The highest BCUT2D eigenvalue weighted by Gasteiger charge is 2.27. The molecular formula is C20H33N3. The molecule has 0 aromatic rings. The van der Waals surface area contributed by atoms with E-state index in [-0.39, 0.29) is 11.8 Å². The van der Waals surface area contributed by atoms with E-state index in [9.17, 15) is 0 Å². The van der Waals surface area contributed by atoms with Crippen molar-refractivity contribution in [2.24, 2.45) is 29.2 Å². The van der Waals surface area contributed by atoms with Crippen LogP contribution in [0.1, 0.15) is 46.5 Å². The first kappa shape index (κ1) is 19.4. The summed E-state index contributed by atoms with van der Waals surface area (Å²) in [4.78, 5) is 2.10. The maximum atomic E-state index is 6.54. The minimum Gasteiger partial charge on any atom is -0.400 e. The first-order valence-electron chi connectivity index (χ1n) is 8.70. The second-order valence-corrected chi connectivity index (χ2v) is 6.33. The Balaban J connectivity index is 2.94. The second-order valence-electron chi connectivity index (χ2n) is 6.33. The van der Waals surface area contributed by atoms with Crippen LogP contribution in [0.25, 0.3) is 0 Å². The van der Waals surface area contributed by atoms with Crippen LogP contribution in [0.5, 0.6) is 0 Å². The lowest BCUT2D eigenvalue weighted by Crippen LogP contribution is -2.30. The van der Waals surface area contributed by atoms with Gasteiger partial charge in [0.05, 0.1) is 0 Å². The summed E-state index contributed by atoms with van der Waals surface area (Å²) in [5, 5.41) is 0. The predicted octanol–water partition coefficient (Wildman–Crippen LogP) is 3.60. The van der Waals surface area contributed by atoms with Gasteiger partial charge in [0.25, 0.3) is 0 Å². The summed E-state index contributed by atoms with van der Waals surface area (Å²) in [7, 11) is 2.05. The average molecular weight is 316 g/mol. The van der Waals surface area contributed by atoms with Crippen molar-refractivity contribution in [3.05, 3.63) is 35.8 Å². The lowest BCUT2D eigenvalue weighted by Gasteiger charge is -2.28. The molecule has 0 amide bonds. The van der Waals surface area contributed by atoms with E-state index < -0.39 is 0 Å². The molecule has 23 heavy (non-hydrogen) atoms. The highest BCUT2D eigenvalue weighted by molar-refractivity contribution is 5.21. The van der Waals surface area contributed by atoms with Crippen molar-refractivity contribution in [1.82, 2.24) is 4.90 Å². The highest BCUT2D eigenvalue weighted by atomic mass is 15.1. The summed E-state index contributed by atoms with van der Waals surface area (Å²) in [5.41, 5.74) is 14.5. The van der Waals surface area contributed by atoms with Crippen molar-refractivity contribution in [2.45, 2.75) is 46.5 Å². The number of nitrogens with two attached hydrogens (primary N) is 2. The molecule has 0 bridgehead atoms. The van der Waals surface area contributed by atoms with Gasteiger partial charge in [-0.15, -0.1) is 5.92 Å². The normalized spacial score (nSPS) is 25.9. The van der Waals surface area contributed by atoms with Gasteiger partial charge >= 0.3 is 0 Å². The molecule has 0 aromatic heterocycles. The van der Waals surface area contributed by atoms with Crippen LogP contribution in [0.4, 0.5) is 0 Å². The minimum absolute atomic E-state index is 0.168. The van der Waals surface area contributed by atoms with Gasteiger partial charge in [-0.05, 0) is 38.8 Å². The van der Waals surface area contributed by atoms with Crippen molar-refractivity contribution in [3.63, 3.8) is 0 Å². The Hall–Kier alpha value is -1.66. The van der Waals surface area contributed by atoms with Gasteiger partial charge in [-0.3, -0.25) is 0 Å². The summed E-state index contributed by atoms with van der Waals surface area (Å²) < 4.78 is 0. The zero-order chi connectivity index (χ0) is 17.2. The molecule has 3 atom stereocenters. The number of nitrogens with zero attached hydrogens (tertiary/aromatic N) is 1. The van der Waals surface area contributed by atoms with Crippen molar-refractivity contribution in [2.75, 3.05) is 13.6 Å². The molecule has 0 saturated heterocycles. The average Bonchev–Trinajstić information content (AvgIpc) is 2.79. The van der Waals surface area contributed by atoms with Gasteiger partial charge in [-0.1, -0.05) is 37.5 Å². The molecule has 4 N–H and O–H groups in total. The maximum absolute atomic E-state index is 6.54. The van der Waals surface area contributed by atoms with Crippen LogP contribution in [-0.4, -0.2) is 18.5 Å². The molecule has 0 heterocycles. The van der Waals surface area contributed by atoms with Crippen LogP contribution in [0.3, 0.4) is 0 Å². The highest BCUT2D eigenvalue weighted by Crippen LogP contribution is 2.32. The predicted molar refractivity (Wildman–Crippen MR) is 100 cm³/mol. The summed E-state index contributed by atoms with van der Waals surface area (Å²) in [6.45, 7) is 6.92. The van der Waals surface area contributed by atoms with Crippen molar-refractivity contribution >= 4 is 0 Å². The maximum Gasteiger partial charge on any atom is 0.0408 e. The van der Waals surface area contributed by atoms with E-state index in [1.54, 1.807) is 0 Å². The molecule has 0 spiro atoms. The Morgan fingerprint density at radius 3 is 2.70 bits per heavy atom. The van der Waals surface area contributed by atoms with E-state index >= 15 is 0 Å². The molecule has 1 aliphatic rings. The molecule has 3 nitrogen and oxygen atoms in total. The Morgan fingerprint density at radius 2 is 2.09 bits per heavy atom. The van der Waals surface area contributed by atoms with Crippen LogP contribution in [0.15, 0.2) is 35.8 Å². The SMILES string of the molecule is C/C=C\C/C=C\N(C)/C(C)=C(\N)[C@H]1C[C@H](CC)CC#C[C@H]1CN. The molecule has 0 saturated carbocycles. The fourth-order valence-corrected chi connectivity index (χ4v) is 2.94. The Morgan fingerprint density at radius 1 is 1.35 bits per heavy atom. The van der Waals surface area contributed by atoms with Crippen LogP contribution >= 0.6 is 0 Å². The molecular weight excluding hydrogens is 282 g/mol. The molecule has 0 fully saturated rings. The standard InChI is InChI=1S/C20H33N3/c1-5-7-8-9-13-23(4)16(3)20(22)19-14-17(6-2)11-10-12-18(19)15-21/h5,7,9,13,17-19H,6,8,11,14-15,21-22H2,1-4H3/b7-5-,13-9-,20-16-/t17-,18+,19+/m1/s1. The third kappa shape index (κ3) is 5.80. The number of hydrogen-bond acceptors (Lipinski definition) is 3. The summed E-state index contributed by atoms with van der Waals surface area (Å²) in [6.07, 6.45) is 12.5. The summed E-state index contributed by atoms with van der Waals surface area (Å²) in [6, 6.07) is 0. The fourth-order valence-electron chi connectivity index (χ4n) is 2.94. The van der Waals surface area contributed by atoms with Crippen LogP contribution in [0, 0.1) is 29.6 Å². The van der Waals surface area contributed by atoms with Crippen LogP contribution in [-0.2, 0) is 0 Å². The van der Waals surface area contributed by atoms with E-state index in [1.165, 1.54) is 0 Å². The summed E-state index contributed by atoms with van der Waals surface area (Å²) in [5.74, 6) is 7.69. The van der Waals surface area contributed by atoms with E-state index in [2.05, 4.69) is 55.0 Å². The van der Waals surface area contributed by atoms with Crippen LogP contribution < -0.4 is 11.5 Å². The lowest BCUT2D eigenvalue weighted by atomic mass is 9.82. The van der Waals surface area contributed by atoms with E-state index in [0.717, 1.165) is 37.1 Å². The van der Waals surface area contributed by atoms with Crippen LogP contribution in [0.2, 0.25) is 0 Å². The number of hydrogen-bond donors (Lipinski definition) is 2. The first-order valence-corrected chi connectivity index (χ1v) is 8.70. The zero-order valence-electron chi connectivity index (χ0n) is 15.2. The van der Waals surface area contributed by atoms with E-state index in [1.807, 2.05) is 14.0 Å². The lowest BCUT2D eigenvalue weighted by molar-refractivity contribution is 0.347. The summed E-state index contributed by atoms with van der Waals surface area (Å²) >= 11 is 0. The largest absolute Gasteiger partial charge is 0.400 e. The Bertz CT molecular complexity index is 505. The monoisotopic (exact) mass is 315 g/mol. The molecule has 0 radical (unpaired) electrons. The minimum atomic E-state index is 0.168. The number of rotatable bonds is 7. The van der Waals surface area contributed by atoms with Gasteiger partial charge in [0, 0.05) is 43.2 Å². The molecule has 0 unspecified atom stereocenters. The van der Waals surface area contributed by atoms with Gasteiger partial charge in [0.2, 0.25) is 0 Å². The van der Waals surface area contributed by atoms with Gasteiger partial charge in [0.15, 0.2) is 0 Å². The van der Waals surface area contributed by atoms with Gasteiger partial charge < -0.3 is 16.4 Å². The van der Waals surface area contributed by atoms with Crippen molar-refractivity contribution in [1.29, 1.82) is 0 Å². The Labute approximate surface area is 142 Å². The molecule has 0 aliphatic heterocycles. The molecule has 0 aromatic carbocycles. The number of allylic oxidation sites excluding steroid dienone is 5. The Kier molecular flexibility index (Phi) is 8.58. The molecule has 1 aliphatic carbocycles. The van der Waals surface area contributed by atoms with Crippen molar-refractivity contribution < 1.29 is 0 Å². The first-order chi connectivity index (χ1) is 11.0. The second kappa shape index (κ2) is 10.2. The molecule has 128 valence electrons. The molecule has 1 rings (SSSR count). The third-order valence-corrected chi connectivity index (χ3v) is 4.77. The van der Waals surface area contributed by atoms with Gasteiger partial charge in [-0.25, -0.2) is 0 Å². The third-order valence-electron chi connectivity index (χ3n) is 4.77. The van der Waals surface area contributed by atoms with E-state index in [4.69, 9.17) is 11.5 Å². The van der Waals surface area contributed by atoms with Gasteiger partial charge in [0.1, 0.15) is 0 Å². The quantitative estimate of drug-likeness (QED) is 0.557. The fraction of sp³-hybridized carbons (Fsp3) is 0.600. The van der Waals surface area contributed by atoms with E-state index in [0.29, 0.717) is 12.5 Å². The smallest absolute Gasteiger partial charge is 0.0408 e. The topological polar surface area (TPSA) is 55.3 Å². The van der Waals surface area contributed by atoms with Gasteiger partial charge in [-0.2, -0.15) is 0 Å². The zero-order valence-corrected chi connectivity index (χ0v) is 15.2.